The number of carbonyl (C=O) groups is 1. The molecular formula is C15H23ClN2O3S. The quantitative estimate of drug-likeness (QED) is 0.818. The van der Waals surface area contributed by atoms with E-state index in [2.05, 4.69) is 5.32 Å². The lowest BCUT2D eigenvalue weighted by Gasteiger charge is -2.14. The zero-order valence-electron chi connectivity index (χ0n) is 12.4. The van der Waals surface area contributed by atoms with Crippen LogP contribution in [-0.4, -0.2) is 31.9 Å². The SMILES string of the molecule is Cl.NC(CNC(=O)CS(=O)(=O)C1CCCC1)c1ccccc1. The Hall–Kier alpha value is -1.11. The van der Waals surface area contributed by atoms with Crippen LogP contribution in [0.4, 0.5) is 0 Å². The molecule has 0 radical (unpaired) electrons. The highest BCUT2D eigenvalue weighted by atomic mass is 35.5. The van der Waals surface area contributed by atoms with E-state index in [0.29, 0.717) is 12.8 Å². The summed E-state index contributed by atoms with van der Waals surface area (Å²) in [6.45, 7) is 0.239. The number of amides is 1. The molecule has 1 aromatic rings. The average molecular weight is 347 g/mol. The van der Waals surface area contributed by atoms with Crippen molar-refractivity contribution >= 4 is 28.2 Å². The zero-order chi connectivity index (χ0) is 15.3. The van der Waals surface area contributed by atoms with E-state index in [0.717, 1.165) is 18.4 Å². The Morgan fingerprint density at radius 3 is 2.41 bits per heavy atom. The Morgan fingerprint density at radius 2 is 1.82 bits per heavy atom. The first-order chi connectivity index (χ1) is 9.99. The molecule has 1 atom stereocenters. The smallest absolute Gasteiger partial charge is 0.235 e. The van der Waals surface area contributed by atoms with Crippen molar-refractivity contribution < 1.29 is 13.2 Å². The van der Waals surface area contributed by atoms with Crippen LogP contribution in [0, 0.1) is 0 Å². The molecule has 1 saturated carbocycles. The minimum atomic E-state index is -3.32. The molecule has 1 amide bonds. The molecule has 1 aromatic carbocycles. The largest absolute Gasteiger partial charge is 0.353 e. The molecule has 0 heterocycles. The van der Waals surface area contributed by atoms with E-state index >= 15 is 0 Å². The van der Waals surface area contributed by atoms with Crippen molar-refractivity contribution in [3.8, 4) is 0 Å². The van der Waals surface area contributed by atoms with Crippen LogP contribution in [-0.2, 0) is 14.6 Å². The van der Waals surface area contributed by atoms with Crippen LogP contribution >= 0.6 is 12.4 Å². The van der Waals surface area contributed by atoms with Crippen molar-refractivity contribution in [1.29, 1.82) is 0 Å². The molecule has 2 rings (SSSR count). The first-order valence-corrected chi connectivity index (χ1v) is 8.99. The van der Waals surface area contributed by atoms with Crippen molar-refractivity contribution in [3.05, 3.63) is 35.9 Å². The molecule has 124 valence electrons. The van der Waals surface area contributed by atoms with Gasteiger partial charge in [-0.2, -0.15) is 0 Å². The van der Waals surface area contributed by atoms with Gasteiger partial charge in [0.1, 0.15) is 5.75 Å². The van der Waals surface area contributed by atoms with E-state index in [1.165, 1.54) is 0 Å². The number of nitrogens with two attached hydrogens (primary N) is 1. The van der Waals surface area contributed by atoms with E-state index in [9.17, 15) is 13.2 Å². The molecular weight excluding hydrogens is 324 g/mol. The summed E-state index contributed by atoms with van der Waals surface area (Å²) in [7, 11) is -3.32. The van der Waals surface area contributed by atoms with Gasteiger partial charge in [0.05, 0.1) is 5.25 Å². The first kappa shape index (κ1) is 18.9. The van der Waals surface area contributed by atoms with Gasteiger partial charge >= 0.3 is 0 Å². The van der Waals surface area contributed by atoms with Crippen LogP contribution < -0.4 is 11.1 Å². The molecule has 1 aliphatic carbocycles. The topological polar surface area (TPSA) is 89.3 Å². The van der Waals surface area contributed by atoms with E-state index < -0.39 is 21.5 Å². The van der Waals surface area contributed by atoms with Gasteiger partial charge in [-0.1, -0.05) is 43.2 Å². The minimum absolute atomic E-state index is 0. The predicted octanol–water partition coefficient (Wildman–Crippen LogP) is 1.58. The maximum absolute atomic E-state index is 12.1. The third kappa shape index (κ3) is 5.26. The second-order valence-corrected chi connectivity index (χ2v) is 7.82. The third-order valence-electron chi connectivity index (χ3n) is 3.89. The Labute approximate surface area is 138 Å². The van der Waals surface area contributed by atoms with Gasteiger partial charge in [0.2, 0.25) is 5.91 Å². The lowest BCUT2D eigenvalue weighted by atomic mass is 10.1. The summed E-state index contributed by atoms with van der Waals surface area (Å²) < 4.78 is 24.1. The van der Waals surface area contributed by atoms with E-state index in [1.54, 1.807) is 0 Å². The van der Waals surface area contributed by atoms with Gasteiger partial charge in [-0.05, 0) is 18.4 Å². The second-order valence-electron chi connectivity index (χ2n) is 5.53. The molecule has 22 heavy (non-hydrogen) atoms. The summed E-state index contributed by atoms with van der Waals surface area (Å²) in [5, 5.41) is 2.28. The van der Waals surface area contributed by atoms with Crippen molar-refractivity contribution in [2.24, 2.45) is 5.73 Å². The number of carbonyl (C=O) groups excluding carboxylic acids is 1. The van der Waals surface area contributed by atoms with E-state index in [-0.39, 0.29) is 30.2 Å². The first-order valence-electron chi connectivity index (χ1n) is 7.28. The Bertz CT molecular complexity index is 572. The summed E-state index contributed by atoms with van der Waals surface area (Å²) in [5.74, 6) is -0.896. The number of sulfone groups is 1. The normalized spacial score (nSPS) is 16.8. The van der Waals surface area contributed by atoms with Gasteiger partial charge in [-0.15, -0.1) is 12.4 Å². The Kier molecular flexibility index (Phi) is 7.32. The lowest BCUT2D eigenvalue weighted by Crippen LogP contribution is -2.37. The molecule has 7 heteroatoms. The molecule has 1 fully saturated rings. The molecule has 3 N–H and O–H groups in total. The van der Waals surface area contributed by atoms with Gasteiger partial charge in [-0.3, -0.25) is 4.79 Å². The standard InChI is InChI=1S/C15H22N2O3S.ClH/c16-14(12-6-2-1-3-7-12)10-17-15(18)11-21(19,20)13-8-4-5-9-13;/h1-3,6-7,13-14H,4-5,8-11,16H2,(H,17,18);1H. The fourth-order valence-electron chi connectivity index (χ4n) is 2.64. The number of nitrogens with one attached hydrogen (secondary N) is 1. The maximum atomic E-state index is 12.1. The molecule has 0 aromatic heterocycles. The minimum Gasteiger partial charge on any atom is -0.353 e. The van der Waals surface area contributed by atoms with Gasteiger partial charge in [0.25, 0.3) is 0 Å². The zero-order valence-corrected chi connectivity index (χ0v) is 14.0. The fourth-order valence-corrected chi connectivity index (χ4v) is 4.40. The van der Waals surface area contributed by atoms with Crippen LogP contribution in [0.5, 0.6) is 0 Å². The van der Waals surface area contributed by atoms with Crippen molar-refractivity contribution in [1.82, 2.24) is 5.32 Å². The molecule has 0 spiro atoms. The molecule has 0 aliphatic heterocycles. The highest BCUT2D eigenvalue weighted by molar-refractivity contribution is 7.92. The van der Waals surface area contributed by atoms with Crippen molar-refractivity contribution in [2.75, 3.05) is 12.3 Å². The number of hydrogen-bond donors (Lipinski definition) is 2. The lowest BCUT2D eigenvalue weighted by molar-refractivity contribution is -0.118. The number of halogens is 1. The summed E-state index contributed by atoms with van der Waals surface area (Å²) in [5.41, 5.74) is 6.88. The summed E-state index contributed by atoms with van der Waals surface area (Å²) in [4.78, 5) is 11.8. The van der Waals surface area contributed by atoms with Gasteiger partial charge in [-0.25, -0.2) is 8.42 Å². The Balaban J connectivity index is 0.00000242. The number of rotatable bonds is 6. The summed E-state index contributed by atoms with van der Waals surface area (Å²) in [6.07, 6.45) is 3.23. The fraction of sp³-hybridized carbons (Fsp3) is 0.533. The van der Waals surface area contributed by atoms with Crippen LogP contribution in [0.25, 0.3) is 0 Å². The van der Waals surface area contributed by atoms with E-state index in [1.807, 2.05) is 30.3 Å². The predicted molar refractivity (Wildman–Crippen MR) is 89.7 cm³/mol. The van der Waals surface area contributed by atoms with Crippen LogP contribution in [0.3, 0.4) is 0 Å². The van der Waals surface area contributed by atoms with Crippen molar-refractivity contribution in [2.45, 2.75) is 37.0 Å². The maximum Gasteiger partial charge on any atom is 0.235 e. The van der Waals surface area contributed by atoms with Gasteiger partial charge in [0.15, 0.2) is 9.84 Å². The second kappa shape index (κ2) is 8.50. The molecule has 5 nitrogen and oxygen atoms in total. The number of benzene rings is 1. The van der Waals surface area contributed by atoms with Crippen LogP contribution in [0.2, 0.25) is 0 Å². The monoisotopic (exact) mass is 346 g/mol. The molecule has 1 aliphatic rings. The molecule has 1 unspecified atom stereocenters. The summed E-state index contributed by atoms with van der Waals surface area (Å²) in [6, 6.07) is 9.08. The van der Waals surface area contributed by atoms with Crippen LogP contribution in [0.1, 0.15) is 37.3 Å². The van der Waals surface area contributed by atoms with Crippen molar-refractivity contribution in [3.63, 3.8) is 0 Å². The van der Waals surface area contributed by atoms with Gasteiger partial charge in [0, 0.05) is 12.6 Å². The van der Waals surface area contributed by atoms with Crippen LogP contribution in [0.15, 0.2) is 30.3 Å². The summed E-state index contributed by atoms with van der Waals surface area (Å²) >= 11 is 0. The highest BCUT2D eigenvalue weighted by Gasteiger charge is 2.30. The number of hydrogen-bond acceptors (Lipinski definition) is 4. The highest BCUT2D eigenvalue weighted by Crippen LogP contribution is 2.25. The molecule has 0 bridgehead atoms. The molecule has 0 saturated heterocycles. The third-order valence-corrected chi connectivity index (χ3v) is 6.04. The average Bonchev–Trinajstić information content (AvgIpc) is 3.00. The Morgan fingerprint density at radius 1 is 1.23 bits per heavy atom. The van der Waals surface area contributed by atoms with Gasteiger partial charge < -0.3 is 11.1 Å². The van der Waals surface area contributed by atoms with E-state index in [4.69, 9.17) is 5.73 Å².